The van der Waals surface area contributed by atoms with E-state index in [1.54, 1.807) is 0 Å². The Morgan fingerprint density at radius 2 is 1.94 bits per heavy atom. The Labute approximate surface area is 106 Å². The Balaban J connectivity index is 1.95. The van der Waals surface area contributed by atoms with Crippen LogP contribution in [0.25, 0.3) is 0 Å². The van der Waals surface area contributed by atoms with E-state index in [9.17, 15) is 0 Å². The van der Waals surface area contributed by atoms with E-state index in [4.69, 9.17) is 0 Å². The number of rotatable bonds is 8. The maximum Gasteiger partial charge on any atom is 0.0118 e. The summed E-state index contributed by atoms with van der Waals surface area (Å²) in [6.45, 7) is 6.06. The van der Waals surface area contributed by atoms with Gasteiger partial charge in [0.25, 0.3) is 0 Å². The maximum absolute atomic E-state index is 3.76. The third-order valence-electron chi connectivity index (χ3n) is 3.92. The molecule has 0 aromatic carbocycles. The van der Waals surface area contributed by atoms with Gasteiger partial charge in [-0.1, -0.05) is 33.1 Å². The van der Waals surface area contributed by atoms with E-state index in [1.165, 1.54) is 57.2 Å². The third kappa shape index (κ3) is 5.09. The molecular weight excluding hydrogens is 214 g/mol. The van der Waals surface area contributed by atoms with Crippen molar-refractivity contribution < 1.29 is 0 Å². The lowest BCUT2D eigenvalue weighted by molar-refractivity contribution is 0.283. The number of hydrogen-bond donors (Lipinski definition) is 1. The third-order valence-corrected chi connectivity index (χ3v) is 4.62. The molecule has 0 amide bonds. The fraction of sp³-hybridized carbons (Fsp3) is 1.00. The second-order valence-electron chi connectivity index (χ2n) is 5.79. The summed E-state index contributed by atoms with van der Waals surface area (Å²) in [7, 11) is 0. The van der Waals surface area contributed by atoms with Crippen LogP contribution in [0.5, 0.6) is 0 Å². The average molecular weight is 243 g/mol. The molecule has 0 heterocycles. The van der Waals surface area contributed by atoms with Gasteiger partial charge in [0.2, 0.25) is 0 Å². The summed E-state index contributed by atoms with van der Waals surface area (Å²) in [5, 5.41) is 3.76. The molecule has 1 fully saturated rings. The maximum atomic E-state index is 3.76. The second-order valence-corrected chi connectivity index (χ2v) is 6.78. The van der Waals surface area contributed by atoms with Crippen LogP contribution in [0, 0.1) is 5.41 Å². The van der Waals surface area contributed by atoms with Gasteiger partial charge in [-0.05, 0) is 49.7 Å². The van der Waals surface area contributed by atoms with Crippen LogP contribution in [0.4, 0.5) is 0 Å². The van der Waals surface area contributed by atoms with Crippen LogP contribution in [0.2, 0.25) is 0 Å². The molecule has 1 nitrogen and oxygen atoms in total. The molecular formula is C14H29NS. The Bertz CT molecular complexity index is 180. The lowest BCUT2D eigenvalue weighted by Gasteiger charge is -2.28. The van der Waals surface area contributed by atoms with E-state index in [0.717, 1.165) is 6.04 Å². The largest absolute Gasteiger partial charge is 0.313 e. The van der Waals surface area contributed by atoms with Gasteiger partial charge in [0.05, 0.1) is 0 Å². The van der Waals surface area contributed by atoms with Gasteiger partial charge in [-0.2, -0.15) is 11.8 Å². The van der Waals surface area contributed by atoms with Gasteiger partial charge < -0.3 is 5.32 Å². The molecule has 0 bridgehead atoms. The van der Waals surface area contributed by atoms with Crippen molar-refractivity contribution in [2.24, 2.45) is 5.41 Å². The predicted molar refractivity (Wildman–Crippen MR) is 76.3 cm³/mol. The average Bonchev–Trinajstić information content (AvgIpc) is 2.57. The standard InChI is InChI=1S/C14H29NS/c1-14(2)10-8-9-13(14)15-11-6-4-5-7-12-16-3/h13,15H,4-12H2,1-3H3. The molecule has 2 heteroatoms. The van der Waals surface area contributed by atoms with Crippen molar-refractivity contribution in [1.29, 1.82) is 0 Å². The molecule has 0 spiro atoms. The summed E-state index contributed by atoms with van der Waals surface area (Å²) in [5.41, 5.74) is 0.541. The van der Waals surface area contributed by atoms with Crippen LogP contribution in [0.3, 0.4) is 0 Å². The highest BCUT2D eigenvalue weighted by Gasteiger charge is 2.33. The number of thioether (sulfide) groups is 1. The van der Waals surface area contributed by atoms with Crippen LogP contribution in [0.1, 0.15) is 58.8 Å². The Morgan fingerprint density at radius 3 is 2.56 bits per heavy atom. The monoisotopic (exact) mass is 243 g/mol. The first kappa shape index (κ1) is 14.4. The van der Waals surface area contributed by atoms with E-state index < -0.39 is 0 Å². The summed E-state index contributed by atoms with van der Waals surface area (Å²) in [5.74, 6) is 1.34. The molecule has 1 N–H and O–H groups in total. The smallest absolute Gasteiger partial charge is 0.0118 e. The molecule has 1 aliphatic rings. The minimum atomic E-state index is 0.541. The topological polar surface area (TPSA) is 12.0 Å². The van der Waals surface area contributed by atoms with Crippen LogP contribution >= 0.6 is 11.8 Å². The summed E-state index contributed by atoms with van der Waals surface area (Å²) >= 11 is 1.97. The Hall–Kier alpha value is 0.310. The quantitative estimate of drug-likeness (QED) is 0.645. The molecule has 0 aliphatic heterocycles. The molecule has 16 heavy (non-hydrogen) atoms. The Morgan fingerprint density at radius 1 is 1.19 bits per heavy atom. The lowest BCUT2D eigenvalue weighted by atomic mass is 9.87. The van der Waals surface area contributed by atoms with Gasteiger partial charge in [0, 0.05) is 6.04 Å². The van der Waals surface area contributed by atoms with Crippen LogP contribution in [-0.2, 0) is 0 Å². The van der Waals surface area contributed by atoms with Crippen molar-refractivity contribution in [3.8, 4) is 0 Å². The molecule has 0 aromatic heterocycles. The first-order valence-electron chi connectivity index (χ1n) is 6.89. The van der Waals surface area contributed by atoms with Gasteiger partial charge in [0.1, 0.15) is 0 Å². The predicted octanol–water partition coefficient (Wildman–Crippen LogP) is 4.08. The fourth-order valence-electron chi connectivity index (χ4n) is 2.71. The molecule has 1 unspecified atom stereocenters. The molecule has 1 aliphatic carbocycles. The van der Waals surface area contributed by atoms with E-state index >= 15 is 0 Å². The molecule has 0 radical (unpaired) electrons. The molecule has 1 atom stereocenters. The summed E-state index contributed by atoms with van der Waals surface area (Å²) < 4.78 is 0. The first-order chi connectivity index (χ1) is 7.67. The highest BCUT2D eigenvalue weighted by molar-refractivity contribution is 7.98. The molecule has 0 saturated heterocycles. The fourth-order valence-corrected chi connectivity index (χ4v) is 3.20. The highest BCUT2D eigenvalue weighted by atomic mass is 32.2. The van der Waals surface area contributed by atoms with Gasteiger partial charge >= 0.3 is 0 Å². The molecule has 1 rings (SSSR count). The zero-order chi connectivity index (χ0) is 11.9. The van der Waals surface area contributed by atoms with Crippen LogP contribution in [-0.4, -0.2) is 24.6 Å². The number of nitrogens with one attached hydrogen (secondary N) is 1. The van der Waals surface area contributed by atoms with Gasteiger partial charge in [-0.15, -0.1) is 0 Å². The lowest BCUT2D eigenvalue weighted by Crippen LogP contribution is -2.38. The van der Waals surface area contributed by atoms with E-state index in [0.29, 0.717) is 5.41 Å². The SMILES string of the molecule is CSCCCCCCNC1CCCC1(C)C. The van der Waals surface area contributed by atoms with Crippen molar-refractivity contribution in [2.45, 2.75) is 64.8 Å². The van der Waals surface area contributed by atoms with Crippen LogP contribution in [0.15, 0.2) is 0 Å². The van der Waals surface area contributed by atoms with E-state index in [-0.39, 0.29) is 0 Å². The first-order valence-corrected chi connectivity index (χ1v) is 8.28. The summed E-state index contributed by atoms with van der Waals surface area (Å²) in [6, 6.07) is 0.777. The Kier molecular flexibility index (Phi) is 6.83. The number of hydrogen-bond acceptors (Lipinski definition) is 2. The van der Waals surface area contributed by atoms with Crippen molar-refractivity contribution in [3.05, 3.63) is 0 Å². The van der Waals surface area contributed by atoms with Gasteiger partial charge in [0.15, 0.2) is 0 Å². The number of unbranched alkanes of at least 4 members (excludes halogenated alkanes) is 3. The van der Waals surface area contributed by atoms with Gasteiger partial charge in [-0.25, -0.2) is 0 Å². The van der Waals surface area contributed by atoms with Crippen molar-refractivity contribution in [3.63, 3.8) is 0 Å². The normalized spacial score (nSPS) is 23.8. The minimum Gasteiger partial charge on any atom is -0.313 e. The second kappa shape index (κ2) is 7.60. The van der Waals surface area contributed by atoms with E-state index in [1.807, 2.05) is 11.8 Å². The van der Waals surface area contributed by atoms with E-state index in [2.05, 4.69) is 25.4 Å². The van der Waals surface area contributed by atoms with Crippen molar-refractivity contribution in [2.75, 3.05) is 18.6 Å². The highest BCUT2D eigenvalue weighted by Crippen LogP contribution is 2.37. The molecule has 0 aromatic rings. The zero-order valence-corrected chi connectivity index (χ0v) is 12.2. The minimum absolute atomic E-state index is 0.541. The van der Waals surface area contributed by atoms with Crippen LogP contribution < -0.4 is 5.32 Å². The zero-order valence-electron chi connectivity index (χ0n) is 11.3. The van der Waals surface area contributed by atoms with Crippen molar-refractivity contribution in [1.82, 2.24) is 5.32 Å². The van der Waals surface area contributed by atoms with Crippen molar-refractivity contribution >= 4 is 11.8 Å². The molecule has 96 valence electrons. The molecule has 1 saturated carbocycles. The van der Waals surface area contributed by atoms with Gasteiger partial charge in [-0.3, -0.25) is 0 Å². The summed E-state index contributed by atoms with van der Waals surface area (Å²) in [6.07, 6.45) is 12.0. The summed E-state index contributed by atoms with van der Waals surface area (Å²) in [4.78, 5) is 0.